The highest BCUT2D eigenvalue weighted by atomic mass is 16.5. The summed E-state index contributed by atoms with van der Waals surface area (Å²) in [5.41, 5.74) is 1.89. The second kappa shape index (κ2) is 4.25. The molecule has 88 valence electrons. The maximum atomic E-state index is 11.7. The molecule has 0 bridgehead atoms. The molecule has 1 aromatic heterocycles. The summed E-state index contributed by atoms with van der Waals surface area (Å²) >= 11 is 0. The number of rotatable bonds is 4. The van der Waals surface area contributed by atoms with Gasteiger partial charge in [-0.25, -0.2) is 4.79 Å². The van der Waals surface area contributed by atoms with E-state index in [0.717, 1.165) is 24.1 Å². The normalized spacial score (nSPS) is 17.2. The van der Waals surface area contributed by atoms with Gasteiger partial charge in [-0.1, -0.05) is 0 Å². The molecule has 1 atom stereocenters. The number of aryl methyl sites for hydroxylation is 1. The summed E-state index contributed by atoms with van der Waals surface area (Å²) in [5, 5.41) is 7.43. The van der Waals surface area contributed by atoms with Crippen molar-refractivity contribution < 1.29 is 9.53 Å². The molecule has 1 N–H and O–H groups in total. The minimum Gasteiger partial charge on any atom is -0.468 e. The van der Waals surface area contributed by atoms with Gasteiger partial charge in [0.2, 0.25) is 0 Å². The van der Waals surface area contributed by atoms with Crippen LogP contribution >= 0.6 is 0 Å². The maximum absolute atomic E-state index is 11.7. The molecule has 0 aromatic carbocycles. The first-order chi connectivity index (χ1) is 7.63. The minimum atomic E-state index is -0.383. The summed E-state index contributed by atoms with van der Waals surface area (Å²) in [6.45, 7) is 1.95. The third kappa shape index (κ3) is 2.09. The summed E-state index contributed by atoms with van der Waals surface area (Å²) in [4.78, 5) is 11.7. The Hall–Kier alpha value is -1.36. The molecular formula is C11H17N3O2. The Labute approximate surface area is 94.8 Å². The van der Waals surface area contributed by atoms with Crippen molar-refractivity contribution >= 4 is 5.97 Å². The topological polar surface area (TPSA) is 56.1 Å². The lowest BCUT2D eigenvalue weighted by Gasteiger charge is -2.15. The van der Waals surface area contributed by atoms with Crippen LogP contribution < -0.4 is 5.32 Å². The van der Waals surface area contributed by atoms with E-state index < -0.39 is 0 Å². The summed E-state index contributed by atoms with van der Waals surface area (Å²) in [7, 11) is 3.28. The molecule has 1 aromatic rings. The molecule has 0 spiro atoms. The van der Waals surface area contributed by atoms with E-state index in [1.165, 1.54) is 7.11 Å². The summed E-state index contributed by atoms with van der Waals surface area (Å²) in [6.07, 6.45) is 3.99. The number of ether oxygens (including phenoxy) is 1. The van der Waals surface area contributed by atoms with E-state index in [0.29, 0.717) is 6.04 Å². The van der Waals surface area contributed by atoms with Crippen molar-refractivity contribution in [2.24, 2.45) is 7.05 Å². The Balaban J connectivity index is 2.22. The fourth-order valence-corrected chi connectivity index (χ4v) is 1.69. The molecule has 1 heterocycles. The SMILES string of the molecule is COC(=O)C(NC1CC1)c1cnn(C)c1C. The van der Waals surface area contributed by atoms with Gasteiger partial charge in [-0.05, 0) is 19.8 Å². The molecule has 0 radical (unpaired) electrons. The third-order valence-corrected chi connectivity index (χ3v) is 3.00. The molecule has 1 saturated carbocycles. The highest BCUT2D eigenvalue weighted by molar-refractivity contribution is 5.77. The van der Waals surface area contributed by atoms with Crippen LogP contribution in [0, 0.1) is 6.92 Å². The number of carbonyl (C=O) groups is 1. The fourth-order valence-electron chi connectivity index (χ4n) is 1.69. The van der Waals surface area contributed by atoms with E-state index in [1.807, 2.05) is 14.0 Å². The largest absolute Gasteiger partial charge is 0.468 e. The lowest BCUT2D eigenvalue weighted by Crippen LogP contribution is -2.31. The van der Waals surface area contributed by atoms with Gasteiger partial charge in [-0.3, -0.25) is 10.00 Å². The smallest absolute Gasteiger partial charge is 0.327 e. The number of hydrogen-bond donors (Lipinski definition) is 1. The van der Waals surface area contributed by atoms with Crippen molar-refractivity contribution in [1.82, 2.24) is 15.1 Å². The lowest BCUT2D eigenvalue weighted by atomic mass is 10.1. The molecule has 16 heavy (non-hydrogen) atoms. The first-order valence-corrected chi connectivity index (χ1v) is 5.46. The zero-order chi connectivity index (χ0) is 11.7. The number of carbonyl (C=O) groups excluding carboxylic acids is 1. The Morgan fingerprint density at radius 1 is 1.69 bits per heavy atom. The van der Waals surface area contributed by atoms with Gasteiger partial charge in [-0.2, -0.15) is 5.10 Å². The van der Waals surface area contributed by atoms with Crippen molar-refractivity contribution in [3.8, 4) is 0 Å². The number of aromatic nitrogens is 2. The van der Waals surface area contributed by atoms with Crippen LogP contribution in [0.1, 0.15) is 30.1 Å². The van der Waals surface area contributed by atoms with Crippen LogP contribution in [0.25, 0.3) is 0 Å². The monoisotopic (exact) mass is 223 g/mol. The quantitative estimate of drug-likeness (QED) is 0.763. The molecule has 0 saturated heterocycles. The molecule has 1 unspecified atom stereocenters. The first-order valence-electron chi connectivity index (χ1n) is 5.46. The van der Waals surface area contributed by atoms with Crippen LogP contribution in [0.2, 0.25) is 0 Å². The average molecular weight is 223 g/mol. The summed E-state index contributed by atoms with van der Waals surface area (Å²) in [6, 6.07) is 0.0647. The van der Waals surface area contributed by atoms with Crippen LogP contribution in [0.3, 0.4) is 0 Å². The highest BCUT2D eigenvalue weighted by Crippen LogP contribution is 2.26. The van der Waals surface area contributed by atoms with Crippen LogP contribution in [-0.2, 0) is 16.6 Å². The van der Waals surface area contributed by atoms with Gasteiger partial charge in [0, 0.05) is 24.3 Å². The number of nitrogens with zero attached hydrogens (tertiary/aromatic N) is 2. The van der Waals surface area contributed by atoms with Crippen LogP contribution in [0.4, 0.5) is 0 Å². The highest BCUT2D eigenvalue weighted by Gasteiger charge is 2.31. The third-order valence-electron chi connectivity index (χ3n) is 3.00. The Morgan fingerprint density at radius 2 is 2.38 bits per heavy atom. The molecule has 0 aliphatic heterocycles. The molecule has 2 rings (SSSR count). The van der Waals surface area contributed by atoms with E-state index in [2.05, 4.69) is 10.4 Å². The average Bonchev–Trinajstić information content (AvgIpc) is 3.04. The standard InChI is InChI=1S/C11H17N3O2/c1-7-9(6-12-14(7)2)10(11(15)16-3)13-8-4-5-8/h6,8,10,13H,4-5H2,1-3H3. The van der Waals surface area contributed by atoms with Crippen molar-refractivity contribution in [1.29, 1.82) is 0 Å². The Kier molecular flexibility index (Phi) is 2.96. The van der Waals surface area contributed by atoms with Crippen LogP contribution in [0.5, 0.6) is 0 Å². The molecular weight excluding hydrogens is 206 g/mol. The molecule has 1 aliphatic carbocycles. The van der Waals surface area contributed by atoms with E-state index in [4.69, 9.17) is 4.74 Å². The van der Waals surface area contributed by atoms with E-state index in [9.17, 15) is 4.79 Å². The fraction of sp³-hybridized carbons (Fsp3) is 0.636. The van der Waals surface area contributed by atoms with Crippen molar-refractivity contribution in [2.75, 3.05) is 7.11 Å². The van der Waals surface area contributed by atoms with Crippen molar-refractivity contribution in [3.05, 3.63) is 17.5 Å². The summed E-state index contributed by atoms with van der Waals surface area (Å²) in [5.74, 6) is -0.247. The zero-order valence-corrected chi connectivity index (χ0v) is 9.86. The molecule has 5 heteroatoms. The summed E-state index contributed by atoms with van der Waals surface area (Å²) < 4.78 is 6.58. The zero-order valence-electron chi connectivity index (χ0n) is 9.86. The molecule has 5 nitrogen and oxygen atoms in total. The number of methoxy groups -OCH3 is 1. The Morgan fingerprint density at radius 3 is 2.81 bits per heavy atom. The molecule has 0 amide bonds. The minimum absolute atomic E-state index is 0.247. The predicted molar refractivity (Wildman–Crippen MR) is 58.9 cm³/mol. The van der Waals surface area contributed by atoms with Gasteiger partial charge < -0.3 is 4.74 Å². The van der Waals surface area contributed by atoms with Gasteiger partial charge in [-0.15, -0.1) is 0 Å². The predicted octanol–water partition coefficient (Wildman–Crippen LogP) is 0.695. The van der Waals surface area contributed by atoms with E-state index in [-0.39, 0.29) is 12.0 Å². The van der Waals surface area contributed by atoms with Gasteiger partial charge in [0.25, 0.3) is 0 Å². The Bertz CT molecular complexity index is 396. The van der Waals surface area contributed by atoms with Crippen LogP contribution in [0.15, 0.2) is 6.20 Å². The number of esters is 1. The number of nitrogens with one attached hydrogen (secondary N) is 1. The van der Waals surface area contributed by atoms with Gasteiger partial charge >= 0.3 is 5.97 Å². The second-order valence-electron chi connectivity index (χ2n) is 4.21. The van der Waals surface area contributed by atoms with E-state index >= 15 is 0 Å². The second-order valence-corrected chi connectivity index (χ2v) is 4.21. The van der Waals surface area contributed by atoms with E-state index in [1.54, 1.807) is 10.9 Å². The maximum Gasteiger partial charge on any atom is 0.327 e. The van der Waals surface area contributed by atoms with Gasteiger partial charge in [0.05, 0.1) is 13.3 Å². The first kappa shape index (κ1) is 11.1. The van der Waals surface area contributed by atoms with Gasteiger partial charge in [0.1, 0.15) is 6.04 Å². The lowest BCUT2D eigenvalue weighted by molar-refractivity contribution is -0.143. The van der Waals surface area contributed by atoms with Gasteiger partial charge in [0.15, 0.2) is 0 Å². The van der Waals surface area contributed by atoms with Crippen molar-refractivity contribution in [3.63, 3.8) is 0 Å². The molecule has 1 fully saturated rings. The van der Waals surface area contributed by atoms with Crippen LogP contribution in [-0.4, -0.2) is 28.9 Å². The van der Waals surface area contributed by atoms with Crippen molar-refractivity contribution in [2.45, 2.75) is 31.8 Å². The number of hydrogen-bond acceptors (Lipinski definition) is 4. The molecule has 1 aliphatic rings.